The molecular weight excluding hydrogens is 178 g/mol. The molecule has 1 aliphatic heterocycles. The van der Waals surface area contributed by atoms with Crippen molar-refractivity contribution in [2.75, 3.05) is 19.6 Å². The second-order valence-corrected chi connectivity index (χ2v) is 4.50. The fourth-order valence-electron chi connectivity index (χ4n) is 2.07. The van der Waals surface area contributed by atoms with Crippen LogP contribution in [0.25, 0.3) is 0 Å². The molecule has 0 aromatic carbocycles. The van der Waals surface area contributed by atoms with Crippen molar-refractivity contribution in [3.8, 4) is 0 Å². The number of hydrogen-bond acceptors (Lipinski definition) is 3. The molecule has 1 saturated heterocycles. The Morgan fingerprint density at radius 1 is 1.64 bits per heavy atom. The summed E-state index contributed by atoms with van der Waals surface area (Å²) in [6.07, 6.45) is 2.07. The average molecular weight is 199 g/mol. The van der Waals surface area contributed by atoms with Crippen LogP contribution in [-0.2, 0) is 4.79 Å². The Morgan fingerprint density at radius 2 is 2.36 bits per heavy atom. The maximum Gasteiger partial charge on any atom is 0.238 e. The fraction of sp³-hybridized carbons (Fsp3) is 0.900. The standard InChI is InChI=1S/C10H21N3O/c1-8(2)6-13-5-3-4-9(7-13)10(14)12-11/h8-9H,3-7,11H2,1-2H3,(H,12,14). The van der Waals surface area contributed by atoms with Crippen molar-refractivity contribution in [3.05, 3.63) is 0 Å². The van der Waals surface area contributed by atoms with Crippen molar-refractivity contribution in [1.29, 1.82) is 0 Å². The van der Waals surface area contributed by atoms with Gasteiger partial charge in [0, 0.05) is 13.1 Å². The summed E-state index contributed by atoms with van der Waals surface area (Å²) in [6.45, 7) is 7.46. The van der Waals surface area contributed by atoms with E-state index in [0.717, 1.165) is 32.5 Å². The summed E-state index contributed by atoms with van der Waals surface area (Å²) in [5, 5.41) is 0. The highest BCUT2D eigenvalue weighted by Crippen LogP contribution is 2.17. The van der Waals surface area contributed by atoms with Gasteiger partial charge in [-0.15, -0.1) is 0 Å². The predicted molar refractivity (Wildman–Crippen MR) is 56.3 cm³/mol. The summed E-state index contributed by atoms with van der Waals surface area (Å²) >= 11 is 0. The average Bonchev–Trinajstić information content (AvgIpc) is 2.16. The van der Waals surface area contributed by atoms with Gasteiger partial charge >= 0.3 is 0 Å². The Kier molecular flexibility index (Phi) is 4.35. The summed E-state index contributed by atoms with van der Waals surface area (Å²) < 4.78 is 0. The second-order valence-electron chi connectivity index (χ2n) is 4.50. The minimum atomic E-state index is -0.0153. The van der Waals surface area contributed by atoms with Crippen LogP contribution in [0.15, 0.2) is 0 Å². The van der Waals surface area contributed by atoms with Gasteiger partial charge in [0.25, 0.3) is 0 Å². The number of carbonyl (C=O) groups excluding carboxylic acids is 1. The lowest BCUT2D eigenvalue weighted by Gasteiger charge is -2.32. The Hall–Kier alpha value is -0.610. The van der Waals surface area contributed by atoms with Gasteiger partial charge in [0.2, 0.25) is 5.91 Å². The third-order valence-corrected chi connectivity index (χ3v) is 2.64. The van der Waals surface area contributed by atoms with Crippen molar-refractivity contribution in [2.24, 2.45) is 17.7 Å². The quantitative estimate of drug-likeness (QED) is 0.391. The summed E-state index contributed by atoms with van der Waals surface area (Å²) in [5.41, 5.74) is 2.24. The van der Waals surface area contributed by atoms with Gasteiger partial charge in [-0.25, -0.2) is 5.84 Å². The molecule has 1 unspecified atom stereocenters. The summed E-state index contributed by atoms with van der Waals surface area (Å²) in [4.78, 5) is 13.7. The van der Waals surface area contributed by atoms with E-state index in [-0.39, 0.29) is 11.8 Å². The zero-order valence-electron chi connectivity index (χ0n) is 9.12. The first-order chi connectivity index (χ1) is 6.63. The molecule has 0 bridgehead atoms. The first kappa shape index (κ1) is 11.5. The topological polar surface area (TPSA) is 58.4 Å². The van der Waals surface area contributed by atoms with Crippen LogP contribution in [0.4, 0.5) is 0 Å². The van der Waals surface area contributed by atoms with Crippen LogP contribution in [-0.4, -0.2) is 30.4 Å². The van der Waals surface area contributed by atoms with Crippen molar-refractivity contribution >= 4 is 5.91 Å². The Morgan fingerprint density at radius 3 is 2.93 bits per heavy atom. The number of nitrogens with zero attached hydrogens (tertiary/aromatic N) is 1. The molecule has 1 amide bonds. The van der Waals surface area contributed by atoms with E-state index >= 15 is 0 Å². The zero-order chi connectivity index (χ0) is 10.6. The van der Waals surface area contributed by atoms with Crippen LogP contribution >= 0.6 is 0 Å². The number of rotatable bonds is 3. The van der Waals surface area contributed by atoms with Gasteiger partial charge in [-0.3, -0.25) is 10.2 Å². The van der Waals surface area contributed by atoms with Gasteiger partial charge in [-0.2, -0.15) is 0 Å². The Bertz CT molecular complexity index is 194. The van der Waals surface area contributed by atoms with E-state index in [1.54, 1.807) is 0 Å². The molecule has 1 heterocycles. The van der Waals surface area contributed by atoms with Crippen LogP contribution in [0, 0.1) is 11.8 Å². The minimum Gasteiger partial charge on any atom is -0.302 e. The molecule has 4 nitrogen and oxygen atoms in total. The van der Waals surface area contributed by atoms with Crippen molar-refractivity contribution in [3.63, 3.8) is 0 Å². The summed E-state index contributed by atoms with van der Waals surface area (Å²) in [6, 6.07) is 0. The third-order valence-electron chi connectivity index (χ3n) is 2.64. The molecule has 0 radical (unpaired) electrons. The third kappa shape index (κ3) is 3.27. The molecule has 4 heteroatoms. The molecule has 0 aliphatic carbocycles. The maximum atomic E-state index is 11.3. The van der Waals surface area contributed by atoms with Crippen LogP contribution in [0.1, 0.15) is 26.7 Å². The number of hydrogen-bond donors (Lipinski definition) is 2. The van der Waals surface area contributed by atoms with Gasteiger partial charge in [0.1, 0.15) is 0 Å². The lowest BCUT2D eigenvalue weighted by molar-refractivity contribution is -0.126. The van der Waals surface area contributed by atoms with Crippen molar-refractivity contribution in [2.45, 2.75) is 26.7 Å². The van der Waals surface area contributed by atoms with E-state index in [4.69, 9.17) is 5.84 Å². The predicted octanol–water partition coefficient (Wildman–Crippen LogP) is 0.344. The molecule has 82 valence electrons. The van der Waals surface area contributed by atoms with E-state index in [0.29, 0.717) is 5.92 Å². The highest BCUT2D eigenvalue weighted by atomic mass is 16.2. The highest BCUT2D eigenvalue weighted by molar-refractivity contribution is 5.78. The second kappa shape index (κ2) is 5.32. The number of nitrogens with one attached hydrogen (secondary N) is 1. The maximum absolute atomic E-state index is 11.3. The largest absolute Gasteiger partial charge is 0.302 e. The Balaban J connectivity index is 2.39. The Labute approximate surface area is 85.8 Å². The first-order valence-corrected chi connectivity index (χ1v) is 5.36. The van der Waals surface area contributed by atoms with Crippen LogP contribution < -0.4 is 11.3 Å². The van der Waals surface area contributed by atoms with E-state index in [1.807, 2.05) is 0 Å². The van der Waals surface area contributed by atoms with E-state index in [1.165, 1.54) is 0 Å². The number of piperidine rings is 1. The molecule has 0 aromatic rings. The van der Waals surface area contributed by atoms with E-state index < -0.39 is 0 Å². The van der Waals surface area contributed by atoms with E-state index in [2.05, 4.69) is 24.2 Å². The van der Waals surface area contributed by atoms with Crippen LogP contribution in [0.2, 0.25) is 0 Å². The van der Waals surface area contributed by atoms with E-state index in [9.17, 15) is 4.79 Å². The summed E-state index contributed by atoms with van der Waals surface area (Å²) in [7, 11) is 0. The molecule has 1 aliphatic rings. The molecule has 0 spiro atoms. The molecule has 0 aromatic heterocycles. The smallest absolute Gasteiger partial charge is 0.238 e. The zero-order valence-corrected chi connectivity index (χ0v) is 9.12. The lowest BCUT2D eigenvalue weighted by Crippen LogP contribution is -2.45. The number of carbonyl (C=O) groups is 1. The molecular formula is C10H21N3O. The fourth-order valence-corrected chi connectivity index (χ4v) is 2.07. The molecule has 14 heavy (non-hydrogen) atoms. The van der Waals surface area contributed by atoms with Gasteiger partial charge in [0.15, 0.2) is 0 Å². The number of likely N-dealkylation sites (tertiary alicyclic amines) is 1. The SMILES string of the molecule is CC(C)CN1CCCC(C(=O)NN)C1. The minimum absolute atomic E-state index is 0.0153. The van der Waals surface area contributed by atoms with Gasteiger partial charge in [-0.1, -0.05) is 13.8 Å². The van der Waals surface area contributed by atoms with Gasteiger partial charge in [-0.05, 0) is 25.3 Å². The van der Waals surface area contributed by atoms with Gasteiger partial charge < -0.3 is 4.90 Å². The molecule has 3 N–H and O–H groups in total. The molecule has 1 atom stereocenters. The molecule has 1 rings (SSSR count). The lowest BCUT2D eigenvalue weighted by atomic mass is 9.96. The number of hydrazine groups is 1. The van der Waals surface area contributed by atoms with Gasteiger partial charge in [0.05, 0.1) is 5.92 Å². The van der Waals surface area contributed by atoms with Crippen molar-refractivity contribution < 1.29 is 4.79 Å². The van der Waals surface area contributed by atoms with Crippen LogP contribution in [0.3, 0.4) is 0 Å². The molecule has 1 fully saturated rings. The number of amides is 1. The van der Waals surface area contributed by atoms with Crippen molar-refractivity contribution in [1.82, 2.24) is 10.3 Å². The molecule has 0 saturated carbocycles. The first-order valence-electron chi connectivity index (χ1n) is 5.36. The highest BCUT2D eigenvalue weighted by Gasteiger charge is 2.25. The summed E-state index contributed by atoms with van der Waals surface area (Å²) in [5.74, 6) is 5.87. The van der Waals surface area contributed by atoms with Crippen LogP contribution in [0.5, 0.6) is 0 Å². The monoisotopic (exact) mass is 199 g/mol. The normalized spacial score (nSPS) is 23.9. The number of nitrogens with two attached hydrogens (primary N) is 1.